The minimum atomic E-state index is 0.0823. The molecule has 0 radical (unpaired) electrons. The van der Waals surface area contributed by atoms with Crippen molar-refractivity contribution >= 4 is 0 Å². The van der Waals surface area contributed by atoms with Crippen molar-refractivity contribution in [1.82, 2.24) is 19.7 Å². The summed E-state index contributed by atoms with van der Waals surface area (Å²) in [5.41, 5.74) is 2.35. The fraction of sp³-hybridized carbons (Fsp3) is 0.520. The van der Waals surface area contributed by atoms with Crippen molar-refractivity contribution < 1.29 is 4.74 Å². The molecule has 30 heavy (non-hydrogen) atoms. The van der Waals surface area contributed by atoms with Gasteiger partial charge in [-0.25, -0.2) is 9.67 Å². The molecule has 0 bridgehead atoms. The Morgan fingerprint density at radius 3 is 2.47 bits per heavy atom. The van der Waals surface area contributed by atoms with Crippen LogP contribution >= 0.6 is 0 Å². The van der Waals surface area contributed by atoms with Crippen LogP contribution in [0.4, 0.5) is 0 Å². The van der Waals surface area contributed by atoms with E-state index in [0.29, 0.717) is 6.54 Å². The summed E-state index contributed by atoms with van der Waals surface area (Å²) in [4.78, 5) is 6.90. The maximum absolute atomic E-state index is 5.38. The third kappa shape index (κ3) is 7.79. The molecular formula is C25H40N4O. The lowest BCUT2D eigenvalue weighted by molar-refractivity contribution is 0.390. The minimum Gasteiger partial charge on any atom is -0.497 e. The number of ether oxygens (including phenoxy) is 1. The lowest BCUT2D eigenvalue weighted by atomic mass is 9.85. The highest BCUT2D eigenvalue weighted by molar-refractivity contribution is 5.39. The highest BCUT2D eigenvalue weighted by Gasteiger charge is 2.16. The van der Waals surface area contributed by atoms with Gasteiger partial charge in [-0.05, 0) is 43.6 Å². The predicted octanol–water partition coefficient (Wildman–Crippen LogP) is 5.84. The van der Waals surface area contributed by atoms with E-state index in [2.05, 4.69) is 50.8 Å². The SMILES string of the molecule is CC.CC/C=C\C(=C/Cc1nc(CN(C)C)nn1-c1cccc(OC)c1)C(C)(C)C. The van der Waals surface area contributed by atoms with Gasteiger partial charge in [0.1, 0.15) is 11.6 Å². The average Bonchev–Trinajstić information content (AvgIpc) is 3.10. The van der Waals surface area contributed by atoms with E-state index in [9.17, 15) is 0 Å². The molecule has 1 aromatic heterocycles. The molecule has 0 saturated heterocycles. The Morgan fingerprint density at radius 1 is 1.20 bits per heavy atom. The number of nitrogens with zero attached hydrogens (tertiary/aromatic N) is 4. The molecular weight excluding hydrogens is 372 g/mol. The second-order valence-corrected chi connectivity index (χ2v) is 8.22. The minimum absolute atomic E-state index is 0.0823. The zero-order valence-corrected chi connectivity index (χ0v) is 20.4. The highest BCUT2D eigenvalue weighted by Crippen LogP contribution is 2.27. The Bertz CT molecular complexity index is 826. The first-order valence-electron chi connectivity index (χ1n) is 10.9. The van der Waals surface area contributed by atoms with Gasteiger partial charge in [0.15, 0.2) is 5.82 Å². The third-order valence-electron chi connectivity index (χ3n) is 4.38. The summed E-state index contributed by atoms with van der Waals surface area (Å²) in [7, 11) is 5.73. The van der Waals surface area contributed by atoms with Gasteiger partial charge in [-0.15, -0.1) is 5.10 Å². The topological polar surface area (TPSA) is 43.2 Å². The molecule has 0 amide bonds. The van der Waals surface area contributed by atoms with Gasteiger partial charge in [0.05, 0.1) is 19.3 Å². The molecule has 5 heteroatoms. The van der Waals surface area contributed by atoms with Gasteiger partial charge in [-0.3, -0.25) is 0 Å². The molecule has 0 unspecified atom stereocenters. The van der Waals surface area contributed by atoms with Crippen LogP contribution in [0, 0.1) is 5.41 Å². The second-order valence-electron chi connectivity index (χ2n) is 8.22. The Morgan fingerprint density at radius 2 is 1.90 bits per heavy atom. The maximum atomic E-state index is 5.38. The zero-order chi connectivity index (χ0) is 22.7. The van der Waals surface area contributed by atoms with E-state index in [1.54, 1.807) is 7.11 Å². The van der Waals surface area contributed by atoms with Crippen LogP contribution in [0.2, 0.25) is 0 Å². The number of rotatable bonds is 8. The normalized spacial score (nSPS) is 12.3. The molecule has 2 aromatic rings. The average molecular weight is 413 g/mol. The van der Waals surface area contributed by atoms with Gasteiger partial charge in [0.25, 0.3) is 0 Å². The monoisotopic (exact) mass is 412 g/mol. The van der Waals surface area contributed by atoms with E-state index in [1.165, 1.54) is 5.57 Å². The van der Waals surface area contributed by atoms with Crippen molar-refractivity contribution in [2.45, 2.75) is 60.9 Å². The lowest BCUT2D eigenvalue weighted by Gasteiger charge is -2.20. The van der Waals surface area contributed by atoms with Crippen LogP contribution in [0.25, 0.3) is 5.69 Å². The summed E-state index contributed by atoms with van der Waals surface area (Å²) in [6.45, 7) is 13.6. The van der Waals surface area contributed by atoms with Crippen molar-refractivity contribution in [2.75, 3.05) is 21.2 Å². The predicted molar refractivity (Wildman–Crippen MR) is 127 cm³/mol. The van der Waals surface area contributed by atoms with Crippen LogP contribution in [-0.4, -0.2) is 40.9 Å². The molecule has 0 saturated carbocycles. The van der Waals surface area contributed by atoms with Gasteiger partial charge in [0, 0.05) is 12.5 Å². The molecule has 5 nitrogen and oxygen atoms in total. The summed E-state index contributed by atoms with van der Waals surface area (Å²) < 4.78 is 7.32. The van der Waals surface area contributed by atoms with Crippen molar-refractivity contribution in [1.29, 1.82) is 0 Å². The first-order chi connectivity index (χ1) is 14.2. The maximum Gasteiger partial charge on any atom is 0.165 e. The van der Waals surface area contributed by atoms with E-state index >= 15 is 0 Å². The number of hydrogen-bond donors (Lipinski definition) is 0. The second kappa shape index (κ2) is 12.3. The quantitative estimate of drug-likeness (QED) is 0.511. The van der Waals surface area contributed by atoms with E-state index in [0.717, 1.165) is 35.9 Å². The molecule has 0 aliphatic carbocycles. The smallest absolute Gasteiger partial charge is 0.165 e. The van der Waals surface area contributed by atoms with Crippen LogP contribution in [-0.2, 0) is 13.0 Å². The highest BCUT2D eigenvalue weighted by atomic mass is 16.5. The van der Waals surface area contributed by atoms with Crippen LogP contribution in [0.15, 0.2) is 48.1 Å². The summed E-state index contributed by atoms with van der Waals surface area (Å²) in [5, 5.41) is 4.76. The summed E-state index contributed by atoms with van der Waals surface area (Å²) in [6, 6.07) is 7.94. The molecule has 0 N–H and O–H groups in total. The van der Waals surface area contributed by atoms with Crippen molar-refractivity contribution in [3.63, 3.8) is 0 Å². The van der Waals surface area contributed by atoms with E-state index in [-0.39, 0.29) is 5.41 Å². The number of methoxy groups -OCH3 is 1. The standard InChI is InChI=1S/C23H34N4O.C2H6/c1-8-9-11-18(23(2,3)4)14-15-22-24-21(17-26(5)6)25-27(22)19-12-10-13-20(16-19)28-7;1-2/h9-14,16H,8,15,17H2,1-7H3;1-2H3/b11-9-,18-14+;. The Labute approximate surface area is 183 Å². The van der Waals surface area contributed by atoms with Gasteiger partial charge in [-0.2, -0.15) is 0 Å². The number of benzene rings is 1. The van der Waals surface area contributed by atoms with E-state index in [1.807, 2.05) is 56.9 Å². The number of allylic oxidation sites excluding steroid dienone is 4. The summed E-state index contributed by atoms with van der Waals surface area (Å²) >= 11 is 0. The van der Waals surface area contributed by atoms with E-state index in [4.69, 9.17) is 14.8 Å². The van der Waals surface area contributed by atoms with Crippen molar-refractivity contribution in [3.05, 3.63) is 59.7 Å². The van der Waals surface area contributed by atoms with Gasteiger partial charge in [0.2, 0.25) is 0 Å². The van der Waals surface area contributed by atoms with Gasteiger partial charge >= 0.3 is 0 Å². The zero-order valence-electron chi connectivity index (χ0n) is 20.4. The molecule has 166 valence electrons. The van der Waals surface area contributed by atoms with Crippen LogP contribution < -0.4 is 4.74 Å². The van der Waals surface area contributed by atoms with Crippen molar-refractivity contribution in [2.24, 2.45) is 5.41 Å². The fourth-order valence-electron chi connectivity index (χ4n) is 2.89. The molecule has 1 aromatic carbocycles. The Hall–Kier alpha value is -2.40. The van der Waals surface area contributed by atoms with Crippen LogP contribution in [0.5, 0.6) is 5.75 Å². The lowest BCUT2D eigenvalue weighted by Crippen LogP contribution is -2.12. The molecule has 0 fully saturated rings. The van der Waals surface area contributed by atoms with Crippen LogP contribution in [0.1, 0.15) is 59.6 Å². The van der Waals surface area contributed by atoms with Crippen LogP contribution in [0.3, 0.4) is 0 Å². The third-order valence-corrected chi connectivity index (χ3v) is 4.38. The first-order valence-corrected chi connectivity index (χ1v) is 10.9. The molecule has 0 aliphatic heterocycles. The molecule has 2 rings (SSSR count). The molecule has 0 atom stereocenters. The van der Waals surface area contributed by atoms with E-state index < -0.39 is 0 Å². The van der Waals surface area contributed by atoms with Gasteiger partial charge in [-0.1, -0.05) is 65.8 Å². The summed E-state index contributed by atoms with van der Waals surface area (Å²) in [6.07, 6.45) is 8.46. The largest absolute Gasteiger partial charge is 0.497 e. The van der Waals surface area contributed by atoms with Crippen molar-refractivity contribution in [3.8, 4) is 11.4 Å². The fourth-order valence-corrected chi connectivity index (χ4v) is 2.89. The molecule has 0 aliphatic rings. The first kappa shape index (κ1) is 25.6. The summed E-state index contributed by atoms with van der Waals surface area (Å²) in [5.74, 6) is 2.55. The number of hydrogen-bond acceptors (Lipinski definition) is 4. The molecule has 0 spiro atoms. The van der Waals surface area contributed by atoms with Gasteiger partial charge < -0.3 is 9.64 Å². The number of aromatic nitrogens is 3. The Kier molecular flexibility index (Phi) is 10.5. The molecule has 1 heterocycles. The Balaban J connectivity index is 0.00000218.